The highest BCUT2D eigenvalue weighted by Crippen LogP contribution is 2.29. The first-order chi connectivity index (χ1) is 20.4. The number of methoxy groups -OCH3 is 1. The lowest BCUT2D eigenvalue weighted by atomic mass is 10.1. The lowest BCUT2D eigenvalue weighted by Gasteiger charge is -2.40. The van der Waals surface area contributed by atoms with Crippen molar-refractivity contribution in [1.29, 1.82) is 0 Å². The molecule has 6 rings (SSSR count). The maximum absolute atomic E-state index is 13.5. The number of hydrogen-bond donors (Lipinski definition) is 0. The summed E-state index contributed by atoms with van der Waals surface area (Å²) in [5, 5.41) is 9.99. The summed E-state index contributed by atoms with van der Waals surface area (Å²) in [6.45, 7) is 5.91. The van der Waals surface area contributed by atoms with Gasteiger partial charge in [0.2, 0.25) is 11.1 Å². The quantitative estimate of drug-likeness (QED) is 0.253. The van der Waals surface area contributed by atoms with E-state index in [4.69, 9.17) is 9.72 Å². The molecular weight excluding hydrogens is 548 g/mol. The van der Waals surface area contributed by atoms with Crippen molar-refractivity contribution >= 4 is 45.6 Å². The number of para-hydroxylation sites is 1. The zero-order valence-corrected chi connectivity index (χ0v) is 24.6. The van der Waals surface area contributed by atoms with Gasteiger partial charge in [0.05, 0.1) is 17.9 Å². The van der Waals surface area contributed by atoms with E-state index in [1.807, 2.05) is 60.0 Å². The molecule has 0 aliphatic carbocycles. The number of carbonyl (C=O) groups excluding carboxylic acids is 2. The number of benzene rings is 3. The van der Waals surface area contributed by atoms with Gasteiger partial charge in [-0.05, 0) is 49.7 Å². The topological polar surface area (TPSA) is 93.5 Å². The van der Waals surface area contributed by atoms with Crippen molar-refractivity contribution in [2.75, 3.05) is 26.7 Å². The lowest BCUT2D eigenvalue weighted by molar-refractivity contribution is -0.132. The second-order valence-electron chi connectivity index (χ2n) is 10.5. The number of fused-ring (bicyclic) bond motifs is 3. The molecule has 0 N–H and O–H groups in total. The Labute approximate surface area is 248 Å². The van der Waals surface area contributed by atoms with Crippen LogP contribution in [0.4, 0.5) is 0 Å². The Morgan fingerprint density at radius 1 is 0.976 bits per heavy atom. The molecule has 10 heteroatoms. The van der Waals surface area contributed by atoms with Crippen molar-refractivity contribution in [3.8, 4) is 5.75 Å². The predicted molar refractivity (Wildman–Crippen MR) is 164 cm³/mol. The molecule has 2 aromatic heterocycles. The van der Waals surface area contributed by atoms with Crippen molar-refractivity contribution in [1.82, 2.24) is 29.5 Å². The smallest absolute Gasteiger partial charge is 0.254 e. The average molecular weight is 581 g/mol. The largest absolute Gasteiger partial charge is 0.497 e. The van der Waals surface area contributed by atoms with Crippen LogP contribution in [0, 0.1) is 0 Å². The summed E-state index contributed by atoms with van der Waals surface area (Å²) in [6.07, 6.45) is 0. The fraction of sp³-hybridized carbons (Fsp3) is 0.281. The fourth-order valence-corrected chi connectivity index (χ4v) is 6.28. The first-order valence-electron chi connectivity index (χ1n) is 14.0. The first kappa shape index (κ1) is 27.7. The predicted octanol–water partition coefficient (Wildman–Crippen LogP) is 4.89. The van der Waals surface area contributed by atoms with E-state index in [2.05, 4.69) is 33.0 Å². The number of thioether (sulfide) groups is 1. The van der Waals surface area contributed by atoms with Crippen LogP contribution in [0.5, 0.6) is 5.75 Å². The Kier molecular flexibility index (Phi) is 7.80. The molecule has 2 unspecified atom stereocenters. The molecule has 3 aromatic carbocycles. The Hall–Kier alpha value is -4.44. The van der Waals surface area contributed by atoms with Gasteiger partial charge in [0, 0.05) is 43.2 Å². The van der Waals surface area contributed by atoms with Crippen LogP contribution in [-0.2, 0) is 11.3 Å². The van der Waals surface area contributed by atoms with Gasteiger partial charge in [-0.15, -0.1) is 10.2 Å². The normalized spacial score (nSPS) is 16.1. The molecule has 1 saturated heterocycles. The number of piperazine rings is 1. The number of ether oxygens (including phenoxy) is 1. The van der Waals surface area contributed by atoms with E-state index in [9.17, 15) is 9.59 Å². The molecule has 1 fully saturated rings. The summed E-state index contributed by atoms with van der Waals surface area (Å²) in [5.41, 5.74) is 4.31. The molecule has 42 heavy (non-hydrogen) atoms. The third kappa shape index (κ3) is 5.42. The fourth-order valence-electron chi connectivity index (χ4n) is 5.49. The molecule has 2 amide bonds. The summed E-state index contributed by atoms with van der Waals surface area (Å²) in [4.78, 5) is 35.2. The minimum absolute atomic E-state index is 0.00285. The average Bonchev–Trinajstić information content (AvgIpc) is 3.33. The van der Waals surface area contributed by atoms with Crippen molar-refractivity contribution in [2.24, 2.45) is 0 Å². The lowest BCUT2D eigenvalue weighted by Crippen LogP contribution is -2.56. The summed E-state index contributed by atoms with van der Waals surface area (Å²) < 4.78 is 7.36. The zero-order valence-electron chi connectivity index (χ0n) is 23.8. The monoisotopic (exact) mass is 580 g/mol. The van der Waals surface area contributed by atoms with Crippen LogP contribution in [0.1, 0.15) is 29.8 Å². The Bertz CT molecular complexity index is 1740. The number of hydrogen-bond acceptors (Lipinski definition) is 7. The van der Waals surface area contributed by atoms with Gasteiger partial charge < -0.3 is 19.1 Å². The standard InChI is InChI=1S/C32H32N6O3S/c1-21-19-36(17-18-37(21)31(40)24-13-15-25(41-3)16-14-24)30(39)22(2)42-32-33-29-28(34-35-32)26-11-7-8-12-27(26)38(29)20-23-9-5-4-6-10-23/h4-16,21-22H,17-20H2,1-3H3. The van der Waals surface area contributed by atoms with E-state index in [1.165, 1.54) is 11.8 Å². The van der Waals surface area contributed by atoms with Crippen molar-refractivity contribution in [3.05, 3.63) is 90.0 Å². The molecule has 0 bridgehead atoms. The van der Waals surface area contributed by atoms with Gasteiger partial charge in [-0.25, -0.2) is 4.98 Å². The molecule has 214 valence electrons. The van der Waals surface area contributed by atoms with E-state index < -0.39 is 5.25 Å². The second kappa shape index (κ2) is 11.8. The SMILES string of the molecule is COc1ccc(C(=O)N2CCN(C(=O)C(C)Sc3nnc4c5ccccc5n(Cc5ccccc5)c4n3)CC2C)cc1. The maximum atomic E-state index is 13.5. The summed E-state index contributed by atoms with van der Waals surface area (Å²) in [7, 11) is 1.60. The first-order valence-corrected chi connectivity index (χ1v) is 14.9. The van der Waals surface area contributed by atoms with Crippen LogP contribution in [0.15, 0.2) is 84.0 Å². The summed E-state index contributed by atoms with van der Waals surface area (Å²) >= 11 is 1.31. The molecule has 1 aliphatic heterocycles. The molecular formula is C32H32N6O3S. The maximum Gasteiger partial charge on any atom is 0.254 e. The van der Waals surface area contributed by atoms with Gasteiger partial charge >= 0.3 is 0 Å². The van der Waals surface area contributed by atoms with Gasteiger partial charge in [-0.3, -0.25) is 9.59 Å². The highest BCUT2D eigenvalue weighted by molar-refractivity contribution is 8.00. The van der Waals surface area contributed by atoms with Gasteiger partial charge in [-0.2, -0.15) is 0 Å². The summed E-state index contributed by atoms with van der Waals surface area (Å²) in [5.74, 6) is 0.660. The molecule has 3 heterocycles. The highest BCUT2D eigenvalue weighted by Gasteiger charge is 2.32. The van der Waals surface area contributed by atoms with E-state index in [0.29, 0.717) is 42.6 Å². The van der Waals surface area contributed by atoms with Crippen LogP contribution in [0.25, 0.3) is 22.1 Å². The Morgan fingerprint density at radius 3 is 2.45 bits per heavy atom. The van der Waals surface area contributed by atoms with Crippen LogP contribution in [-0.4, -0.2) is 79.4 Å². The van der Waals surface area contributed by atoms with E-state index in [0.717, 1.165) is 27.6 Å². The molecule has 9 nitrogen and oxygen atoms in total. The third-order valence-corrected chi connectivity index (χ3v) is 8.64. The van der Waals surface area contributed by atoms with Crippen LogP contribution >= 0.6 is 11.8 Å². The third-order valence-electron chi connectivity index (χ3n) is 7.70. The van der Waals surface area contributed by atoms with Crippen molar-refractivity contribution in [3.63, 3.8) is 0 Å². The molecule has 2 atom stereocenters. The van der Waals surface area contributed by atoms with Gasteiger partial charge in [0.1, 0.15) is 11.3 Å². The molecule has 5 aromatic rings. The molecule has 0 spiro atoms. The Morgan fingerprint density at radius 2 is 1.71 bits per heavy atom. The number of aromatic nitrogens is 4. The van der Waals surface area contributed by atoms with Crippen molar-refractivity contribution in [2.45, 2.75) is 36.8 Å². The van der Waals surface area contributed by atoms with Crippen LogP contribution in [0.2, 0.25) is 0 Å². The van der Waals surface area contributed by atoms with E-state index in [1.54, 1.807) is 31.4 Å². The van der Waals surface area contributed by atoms with Gasteiger partial charge in [0.15, 0.2) is 5.65 Å². The molecule has 0 saturated carbocycles. The molecule has 0 radical (unpaired) electrons. The number of carbonyl (C=O) groups is 2. The van der Waals surface area contributed by atoms with E-state index in [-0.39, 0.29) is 17.9 Å². The van der Waals surface area contributed by atoms with E-state index >= 15 is 0 Å². The van der Waals surface area contributed by atoms with Gasteiger partial charge in [0.25, 0.3) is 5.91 Å². The van der Waals surface area contributed by atoms with Gasteiger partial charge in [-0.1, -0.05) is 60.3 Å². The highest BCUT2D eigenvalue weighted by atomic mass is 32.2. The number of rotatable bonds is 7. The van der Waals surface area contributed by atoms with Crippen molar-refractivity contribution < 1.29 is 14.3 Å². The molecule has 1 aliphatic rings. The minimum atomic E-state index is -0.410. The number of nitrogens with zero attached hydrogens (tertiary/aromatic N) is 6. The second-order valence-corrected chi connectivity index (χ2v) is 11.8. The number of amides is 2. The Balaban J connectivity index is 1.16. The van der Waals surface area contributed by atoms with Crippen LogP contribution in [0.3, 0.4) is 0 Å². The van der Waals surface area contributed by atoms with Crippen LogP contribution < -0.4 is 4.74 Å². The summed E-state index contributed by atoms with van der Waals surface area (Å²) in [6, 6.07) is 25.4. The zero-order chi connectivity index (χ0) is 29.2. The minimum Gasteiger partial charge on any atom is -0.497 e.